The lowest BCUT2D eigenvalue weighted by molar-refractivity contribution is -0.136. The number of amides is 5. The second-order valence-electron chi connectivity index (χ2n) is 18.1. The second kappa shape index (κ2) is 20.7. The Morgan fingerprint density at radius 3 is 2.33 bits per heavy atom. The summed E-state index contributed by atoms with van der Waals surface area (Å²) >= 11 is 6.55. The number of piperidine rings is 2. The number of rotatable bonds is 16. The monoisotopic (exact) mass is 951 g/mol. The number of aryl methyl sites for hydroxylation is 1. The predicted octanol–water partition coefficient (Wildman–Crippen LogP) is 5.82. The van der Waals surface area contributed by atoms with E-state index in [1.807, 2.05) is 17.0 Å². The van der Waals surface area contributed by atoms with E-state index in [1.165, 1.54) is 0 Å². The van der Waals surface area contributed by atoms with Crippen molar-refractivity contribution < 1.29 is 37.1 Å². The Morgan fingerprint density at radius 2 is 1.60 bits per heavy atom. The zero-order valence-electron chi connectivity index (χ0n) is 38.3. The highest BCUT2D eigenvalue weighted by Crippen LogP contribution is 2.33. The Bertz CT molecular complexity index is 2660. The molecule has 1 N–H and O–H groups in total. The number of unbranched alkanes of at least 4 members (excludes halogenated alkanes) is 2. The van der Waals surface area contributed by atoms with Crippen molar-refractivity contribution in [2.75, 3.05) is 51.3 Å². The summed E-state index contributed by atoms with van der Waals surface area (Å²) in [4.78, 5) is 81.4. The van der Waals surface area contributed by atoms with Crippen molar-refractivity contribution >= 4 is 56.7 Å². The van der Waals surface area contributed by atoms with Gasteiger partial charge in [0.15, 0.2) is 9.84 Å². The van der Waals surface area contributed by atoms with Gasteiger partial charge in [0.25, 0.3) is 11.8 Å². The summed E-state index contributed by atoms with van der Waals surface area (Å²) in [7, 11) is -1.84. The molecule has 0 bridgehead atoms. The highest BCUT2D eigenvalue weighted by atomic mass is 35.5. The molecule has 0 aliphatic carbocycles. The van der Waals surface area contributed by atoms with Crippen molar-refractivity contribution in [1.82, 2.24) is 30.0 Å². The number of halogens is 1. The number of carbonyl (C=O) groups excluding carboxylic acids is 5. The number of hydrogen-bond donors (Lipinski definition) is 1. The molecule has 3 saturated heterocycles. The van der Waals surface area contributed by atoms with Crippen LogP contribution in [0.3, 0.4) is 0 Å². The quantitative estimate of drug-likeness (QED) is 0.105. The standard InChI is InChI=1S/C50H58ClN7O8S/c1-32(2)67(64,65)43-14-8-7-11-35(43)28-40-39(51)31-52-44(53-40)29-34-16-17-37(30-42(34)66-3)55-22-20-36(21-23-55)56-24-26-57(27-25-56)46(60)15-6-4-5-10-33-12-9-13-38-47(33)50(63)58(49(38)62)41-18-19-45(59)54-48(41)61/h7-9,11-14,16-17,30-32,36,41H,4-6,10,15,18-29H2,1-3H3,(H,54,59,61). The van der Waals surface area contributed by atoms with Gasteiger partial charge in [-0.1, -0.05) is 54.4 Å². The minimum absolute atomic E-state index is 0.0745. The van der Waals surface area contributed by atoms with E-state index in [0.717, 1.165) is 85.7 Å². The number of nitrogens with zero attached hydrogens (tertiary/aromatic N) is 6. The third-order valence-corrected chi connectivity index (χ3v) is 16.2. The van der Waals surface area contributed by atoms with Gasteiger partial charge in [-0.15, -0.1) is 0 Å². The minimum Gasteiger partial charge on any atom is -0.496 e. The van der Waals surface area contributed by atoms with Crippen molar-refractivity contribution in [3.63, 3.8) is 0 Å². The lowest BCUT2D eigenvalue weighted by Gasteiger charge is -2.43. The van der Waals surface area contributed by atoms with Gasteiger partial charge in [-0.25, -0.2) is 18.4 Å². The molecule has 4 aromatic rings. The number of imide groups is 2. The van der Waals surface area contributed by atoms with Crippen LogP contribution in [-0.2, 0) is 43.5 Å². The molecule has 67 heavy (non-hydrogen) atoms. The molecule has 3 fully saturated rings. The highest BCUT2D eigenvalue weighted by molar-refractivity contribution is 7.92. The van der Waals surface area contributed by atoms with Gasteiger partial charge in [0.2, 0.25) is 17.7 Å². The Hall–Kier alpha value is -5.71. The molecule has 8 rings (SSSR count). The molecule has 5 amide bonds. The van der Waals surface area contributed by atoms with Gasteiger partial charge in [-0.2, -0.15) is 0 Å². The molecule has 15 nitrogen and oxygen atoms in total. The van der Waals surface area contributed by atoms with Crippen LogP contribution in [0.25, 0.3) is 0 Å². The lowest BCUT2D eigenvalue weighted by atomic mass is 9.97. The maximum atomic E-state index is 13.4. The van der Waals surface area contributed by atoms with Gasteiger partial charge in [-0.3, -0.25) is 39.1 Å². The molecule has 1 unspecified atom stereocenters. The molecule has 1 aromatic heterocycles. The Kier molecular flexibility index (Phi) is 14.7. The summed E-state index contributed by atoms with van der Waals surface area (Å²) in [6, 6.07) is 17.9. The molecule has 4 aliphatic rings. The summed E-state index contributed by atoms with van der Waals surface area (Å²) in [5, 5.41) is 2.05. The number of hydrogen-bond acceptors (Lipinski definition) is 12. The van der Waals surface area contributed by atoms with Crippen LogP contribution in [0.5, 0.6) is 5.75 Å². The first-order valence-corrected chi connectivity index (χ1v) is 25.2. The number of fused-ring (bicyclic) bond motifs is 1. The van der Waals surface area contributed by atoms with Gasteiger partial charge < -0.3 is 14.5 Å². The van der Waals surface area contributed by atoms with Crippen molar-refractivity contribution in [2.24, 2.45) is 0 Å². The van der Waals surface area contributed by atoms with Crippen LogP contribution in [0, 0.1) is 0 Å². The van der Waals surface area contributed by atoms with Crippen LogP contribution in [0.4, 0.5) is 5.69 Å². The highest BCUT2D eigenvalue weighted by Gasteiger charge is 2.45. The zero-order valence-corrected chi connectivity index (χ0v) is 39.9. The topological polar surface area (TPSA) is 179 Å². The van der Waals surface area contributed by atoms with Crippen molar-refractivity contribution in [2.45, 2.75) is 107 Å². The number of nitrogens with one attached hydrogen (secondary N) is 1. The Labute approximate surface area is 397 Å². The number of ether oxygens (including phenoxy) is 1. The first kappa shape index (κ1) is 47.8. The molecule has 0 saturated carbocycles. The zero-order chi connectivity index (χ0) is 47.4. The lowest BCUT2D eigenvalue weighted by Crippen LogP contribution is -2.54. The van der Waals surface area contributed by atoms with Gasteiger partial charge in [0, 0.05) is 94.5 Å². The molecule has 0 spiro atoms. The van der Waals surface area contributed by atoms with Crippen molar-refractivity contribution in [3.05, 3.63) is 111 Å². The first-order valence-electron chi connectivity index (χ1n) is 23.3. The number of benzene rings is 3. The number of anilines is 1. The maximum Gasteiger partial charge on any atom is 0.262 e. The summed E-state index contributed by atoms with van der Waals surface area (Å²) in [5.74, 6) is -0.564. The Balaban J connectivity index is 0.771. The van der Waals surface area contributed by atoms with Gasteiger partial charge in [0.05, 0.1) is 39.1 Å². The Morgan fingerprint density at radius 1 is 0.851 bits per heavy atom. The van der Waals surface area contributed by atoms with E-state index in [4.69, 9.17) is 21.3 Å². The fraction of sp³-hybridized carbons (Fsp3) is 0.460. The van der Waals surface area contributed by atoms with Crippen LogP contribution in [-0.4, -0.2) is 126 Å². The third kappa shape index (κ3) is 10.4. The van der Waals surface area contributed by atoms with Crippen LogP contribution in [0.15, 0.2) is 71.8 Å². The number of methoxy groups -OCH3 is 1. The van der Waals surface area contributed by atoms with Gasteiger partial charge in [0.1, 0.15) is 17.6 Å². The van der Waals surface area contributed by atoms with Crippen LogP contribution >= 0.6 is 11.6 Å². The molecule has 5 heterocycles. The summed E-state index contributed by atoms with van der Waals surface area (Å²) in [5.41, 5.74) is 4.60. The summed E-state index contributed by atoms with van der Waals surface area (Å²) in [6.45, 7) is 8.26. The van der Waals surface area contributed by atoms with E-state index >= 15 is 0 Å². The van der Waals surface area contributed by atoms with Crippen LogP contribution < -0.4 is 15.0 Å². The molecule has 354 valence electrons. The van der Waals surface area contributed by atoms with Crippen molar-refractivity contribution in [3.8, 4) is 5.75 Å². The van der Waals surface area contributed by atoms with Crippen molar-refractivity contribution in [1.29, 1.82) is 0 Å². The third-order valence-electron chi connectivity index (χ3n) is 13.6. The van der Waals surface area contributed by atoms with E-state index in [9.17, 15) is 32.4 Å². The molecule has 17 heteroatoms. The average molecular weight is 953 g/mol. The molecule has 3 aromatic carbocycles. The van der Waals surface area contributed by atoms with Crippen LogP contribution in [0.2, 0.25) is 5.02 Å². The van der Waals surface area contributed by atoms with E-state index in [-0.39, 0.29) is 35.6 Å². The van der Waals surface area contributed by atoms with Gasteiger partial charge >= 0.3 is 0 Å². The maximum absolute atomic E-state index is 13.4. The van der Waals surface area contributed by atoms with E-state index in [0.29, 0.717) is 66.1 Å². The average Bonchev–Trinajstić information content (AvgIpc) is 3.58. The number of piperazine rings is 1. The number of sulfone groups is 1. The SMILES string of the molecule is COc1cc(N2CCC(N3CCN(C(=O)CCCCCc4cccc5c4C(=O)N(C4CCC(=O)NC4=O)C5=O)CC3)CC2)ccc1Cc1ncc(Cl)c(Cc2ccccc2S(=O)(=O)C(C)C)n1. The fourth-order valence-corrected chi connectivity index (χ4v) is 11.2. The normalized spacial score (nSPS) is 18.5. The second-order valence-corrected chi connectivity index (χ2v) is 21.0. The number of carbonyl (C=O) groups is 5. The first-order chi connectivity index (χ1) is 32.2. The predicted molar refractivity (Wildman–Crippen MR) is 253 cm³/mol. The summed E-state index contributed by atoms with van der Waals surface area (Å²) in [6.07, 6.45) is 7.77. The molecular weight excluding hydrogens is 894 g/mol. The van der Waals surface area contributed by atoms with E-state index in [2.05, 4.69) is 38.3 Å². The van der Waals surface area contributed by atoms with Gasteiger partial charge in [-0.05, 0) is 81.7 Å². The summed E-state index contributed by atoms with van der Waals surface area (Å²) < 4.78 is 32.0. The van der Waals surface area contributed by atoms with E-state index in [1.54, 1.807) is 57.5 Å². The molecule has 0 radical (unpaired) electrons. The number of aromatic nitrogens is 2. The van der Waals surface area contributed by atoms with Crippen LogP contribution in [0.1, 0.15) is 114 Å². The smallest absolute Gasteiger partial charge is 0.262 e. The largest absolute Gasteiger partial charge is 0.496 e. The van der Waals surface area contributed by atoms with E-state index < -0.39 is 44.8 Å². The molecular formula is C50H58ClN7O8S. The molecule has 1 atom stereocenters. The molecule has 4 aliphatic heterocycles. The fourth-order valence-electron chi connectivity index (χ4n) is 9.81. The minimum atomic E-state index is -3.50.